The second-order valence-corrected chi connectivity index (χ2v) is 5.72. The molecule has 5 nitrogen and oxygen atoms in total. The van der Waals surface area contributed by atoms with Crippen LogP contribution in [-0.4, -0.2) is 47.8 Å². The first-order chi connectivity index (χ1) is 10.0. The highest BCUT2D eigenvalue weighted by atomic mass is 16.5. The SMILES string of the molecule is CC1CN(C(=O)C(C)C(N)c2ccccc2)CC(CO)O1. The summed E-state index contributed by atoms with van der Waals surface area (Å²) in [7, 11) is 0. The number of carbonyl (C=O) groups is 1. The lowest BCUT2D eigenvalue weighted by atomic mass is 9.94. The van der Waals surface area contributed by atoms with Gasteiger partial charge in [-0.1, -0.05) is 37.3 Å². The Labute approximate surface area is 125 Å². The van der Waals surface area contributed by atoms with Crippen LogP contribution in [0.15, 0.2) is 30.3 Å². The summed E-state index contributed by atoms with van der Waals surface area (Å²) in [6.45, 7) is 4.65. The van der Waals surface area contributed by atoms with Gasteiger partial charge in [0.1, 0.15) is 0 Å². The topological polar surface area (TPSA) is 75.8 Å². The molecular formula is C16H24N2O3. The largest absolute Gasteiger partial charge is 0.394 e. The lowest BCUT2D eigenvalue weighted by Gasteiger charge is -2.38. The fourth-order valence-electron chi connectivity index (χ4n) is 2.73. The van der Waals surface area contributed by atoms with Crippen molar-refractivity contribution in [1.82, 2.24) is 4.90 Å². The minimum absolute atomic E-state index is 0.0138. The van der Waals surface area contributed by atoms with Gasteiger partial charge in [0.25, 0.3) is 0 Å². The van der Waals surface area contributed by atoms with E-state index in [1.807, 2.05) is 44.2 Å². The molecule has 116 valence electrons. The van der Waals surface area contributed by atoms with Gasteiger partial charge in [-0.2, -0.15) is 0 Å². The van der Waals surface area contributed by atoms with Crippen molar-refractivity contribution in [2.45, 2.75) is 32.1 Å². The van der Waals surface area contributed by atoms with E-state index in [4.69, 9.17) is 10.5 Å². The number of ether oxygens (including phenoxy) is 1. The summed E-state index contributed by atoms with van der Waals surface area (Å²) >= 11 is 0. The first kappa shape index (κ1) is 15.9. The van der Waals surface area contributed by atoms with Crippen LogP contribution in [0.1, 0.15) is 25.5 Å². The van der Waals surface area contributed by atoms with Crippen molar-refractivity contribution < 1.29 is 14.6 Å². The molecule has 3 N–H and O–H groups in total. The van der Waals surface area contributed by atoms with E-state index in [1.54, 1.807) is 4.90 Å². The Morgan fingerprint density at radius 1 is 1.43 bits per heavy atom. The number of aliphatic hydroxyl groups is 1. The van der Waals surface area contributed by atoms with Gasteiger partial charge < -0.3 is 20.5 Å². The van der Waals surface area contributed by atoms with Crippen LogP contribution < -0.4 is 5.73 Å². The number of morpholine rings is 1. The minimum Gasteiger partial charge on any atom is -0.394 e. The van der Waals surface area contributed by atoms with Crippen LogP contribution in [0, 0.1) is 5.92 Å². The molecule has 21 heavy (non-hydrogen) atoms. The molecule has 1 amide bonds. The Hall–Kier alpha value is -1.43. The van der Waals surface area contributed by atoms with Gasteiger partial charge in [0.05, 0.1) is 24.7 Å². The second kappa shape index (κ2) is 7.02. The molecule has 0 aliphatic carbocycles. The van der Waals surface area contributed by atoms with E-state index in [-0.39, 0.29) is 36.7 Å². The average Bonchev–Trinajstić information content (AvgIpc) is 2.52. The fraction of sp³-hybridized carbons (Fsp3) is 0.562. The summed E-state index contributed by atoms with van der Waals surface area (Å²) in [5, 5.41) is 9.25. The maximum atomic E-state index is 12.6. The van der Waals surface area contributed by atoms with Crippen LogP contribution in [0.3, 0.4) is 0 Å². The van der Waals surface area contributed by atoms with Gasteiger partial charge in [-0.15, -0.1) is 0 Å². The number of amides is 1. The Bertz CT molecular complexity index is 466. The highest BCUT2D eigenvalue weighted by Crippen LogP contribution is 2.23. The summed E-state index contributed by atoms with van der Waals surface area (Å²) in [6, 6.07) is 9.32. The van der Waals surface area contributed by atoms with E-state index in [0.717, 1.165) is 5.56 Å². The van der Waals surface area contributed by atoms with E-state index in [1.165, 1.54) is 0 Å². The molecule has 4 atom stereocenters. The van der Waals surface area contributed by atoms with Crippen LogP contribution in [0.2, 0.25) is 0 Å². The van der Waals surface area contributed by atoms with Crippen molar-refractivity contribution in [3.05, 3.63) is 35.9 Å². The van der Waals surface area contributed by atoms with Crippen molar-refractivity contribution in [3.8, 4) is 0 Å². The zero-order valence-electron chi connectivity index (χ0n) is 12.6. The van der Waals surface area contributed by atoms with Crippen molar-refractivity contribution in [2.75, 3.05) is 19.7 Å². The Morgan fingerprint density at radius 3 is 2.71 bits per heavy atom. The van der Waals surface area contributed by atoms with E-state index in [0.29, 0.717) is 13.1 Å². The quantitative estimate of drug-likeness (QED) is 0.865. The van der Waals surface area contributed by atoms with Gasteiger partial charge in [0, 0.05) is 19.1 Å². The van der Waals surface area contributed by atoms with Crippen molar-refractivity contribution >= 4 is 5.91 Å². The Kier molecular flexibility index (Phi) is 5.33. The zero-order chi connectivity index (χ0) is 15.4. The Balaban J connectivity index is 2.04. The lowest BCUT2D eigenvalue weighted by molar-refractivity contribution is -0.151. The van der Waals surface area contributed by atoms with E-state index >= 15 is 0 Å². The smallest absolute Gasteiger partial charge is 0.227 e. The summed E-state index contributed by atoms with van der Waals surface area (Å²) in [4.78, 5) is 14.4. The van der Waals surface area contributed by atoms with Gasteiger partial charge in [-0.3, -0.25) is 4.79 Å². The first-order valence-electron chi connectivity index (χ1n) is 7.38. The predicted octanol–water partition coefficient (Wildman–Crippen LogP) is 0.931. The number of nitrogens with zero attached hydrogens (tertiary/aromatic N) is 1. The Morgan fingerprint density at radius 2 is 2.10 bits per heavy atom. The number of hydrogen-bond acceptors (Lipinski definition) is 4. The molecule has 1 saturated heterocycles. The van der Waals surface area contributed by atoms with Crippen LogP contribution in [0.5, 0.6) is 0 Å². The fourth-order valence-corrected chi connectivity index (χ4v) is 2.73. The lowest BCUT2D eigenvalue weighted by Crippen LogP contribution is -2.52. The molecule has 0 saturated carbocycles. The van der Waals surface area contributed by atoms with Crippen LogP contribution in [-0.2, 0) is 9.53 Å². The molecular weight excluding hydrogens is 268 g/mol. The normalized spacial score (nSPS) is 25.4. The standard InChI is InChI=1S/C16H24N2O3/c1-11-8-18(9-14(10-19)21-11)16(20)12(2)15(17)13-6-4-3-5-7-13/h3-7,11-12,14-15,19H,8-10,17H2,1-2H3. The molecule has 1 aromatic carbocycles. The summed E-state index contributed by atoms with van der Waals surface area (Å²) in [6.07, 6.45) is -0.377. The first-order valence-corrected chi connectivity index (χ1v) is 7.38. The molecule has 2 rings (SSSR count). The summed E-state index contributed by atoms with van der Waals surface area (Å²) in [5.41, 5.74) is 7.18. The number of aliphatic hydroxyl groups excluding tert-OH is 1. The number of nitrogens with two attached hydrogens (primary N) is 1. The number of hydrogen-bond donors (Lipinski definition) is 2. The molecule has 1 aromatic rings. The molecule has 1 heterocycles. The third-order valence-corrected chi connectivity index (χ3v) is 3.95. The van der Waals surface area contributed by atoms with Gasteiger partial charge in [0.2, 0.25) is 5.91 Å². The number of benzene rings is 1. The zero-order valence-corrected chi connectivity index (χ0v) is 12.6. The third-order valence-electron chi connectivity index (χ3n) is 3.95. The van der Waals surface area contributed by atoms with Crippen molar-refractivity contribution in [3.63, 3.8) is 0 Å². The number of carbonyl (C=O) groups excluding carboxylic acids is 1. The third kappa shape index (κ3) is 3.81. The van der Waals surface area contributed by atoms with E-state index in [2.05, 4.69) is 0 Å². The molecule has 0 radical (unpaired) electrons. The molecule has 1 aliphatic heterocycles. The van der Waals surface area contributed by atoms with Gasteiger partial charge in [0.15, 0.2) is 0 Å². The van der Waals surface area contributed by atoms with Crippen LogP contribution in [0.4, 0.5) is 0 Å². The molecule has 4 unspecified atom stereocenters. The summed E-state index contributed by atoms with van der Waals surface area (Å²) in [5.74, 6) is -0.294. The maximum absolute atomic E-state index is 12.6. The second-order valence-electron chi connectivity index (χ2n) is 5.72. The summed E-state index contributed by atoms with van der Waals surface area (Å²) < 4.78 is 5.57. The monoisotopic (exact) mass is 292 g/mol. The van der Waals surface area contributed by atoms with Crippen LogP contribution >= 0.6 is 0 Å². The molecule has 1 fully saturated rings. The molecule has 0 bridgehead atoms. The highest BCUT2D eigenvalue weighted by molar-refractivity contribution is 5.79. The van der Waals surface area contributed by atoms with E-state index in [9.17, 15) is 9.90 Å². The van der Waals surface area contributed by atoms with Crippen LogP contribution in [0.25, 0.3) is 0 Å². The molecule has 1 aliphatic rings. The molecule has 0 aromatic heterocycles. The average molecular weight is 292 g/mol. The molecule has 5 heteroatoms. The van der Waals surface area contributed by atoms with Gasteiger partial charge in [-0.25, -0.2) is 0 Å². The highest BCUT2D eigenvalue weighted by Gasteiger charge is 2.32. The molecule has 0 spiro atoms. The van der Waals surface area contributed by atoms with Crippen molar-refractivity contribution in [2.24, 2.45) is 11.7 Å². The maximum Gasteiger partial charge on any atom is 0.227 e. The minimum atomic E-state index is -0.329. The van der Waals surface area contributed by atoms with Crippen molar-refractivity contribution in [1.29, 1.82) is 0 Å². The number of rotatable bonds is 4. The predicted molar refractivity (Wildman–Crippen MR) is 80.5 cm³/mol. The van der Waals surface area contributed by atoms with Gasteiger partial charge in [-0.05, 0) is 12.5 Å². The van der Waals surface area contributed by atoms with Gasteiger partial charge >= 0.3 is 0 Å². The van der Waals surface area contributed by atoms with E-state index < -0.39 is 0 Å².